The molecular weight excluding hydrogens is 843 g/mol. The van der Waals surface area contributed by atoms with Crippen LogP contribution in [-0.2, 0) is 39.9 Å². The Morgan fingerprint density at radius 3 is 2.11 bits per heavy atom. The van der Waals surface area contributed by atoms with E-state index in [1.54, 1.807) is 39.4 Å². The van der Waals surface area contributed by atoms with Gasteiger partial charge in [0.1, 0.15) is 17.1 Å². The van der Waals surface area contributed by atoms with Crippen LogP contribution in [0.5, 0.6) is 0 Å². The summed E-state index contributed by atoms with van der Waals surface area (Å²) in [6.45, 7) is 14.7. The molecule has 3 rings (SSSR count). The van der Waals surface area contributed by atoms with Crippen molar-refractivity contribution in [2.45, 2.75) is 168 Å². The number of nitrogens with two attached hydrogens (primary N) is 1. The quantitative estimate of drug-likeness (QED) is 0.0743. The summed E-state index contributed by atoms with van der Waals surface area (Å²) in [4.78, 5) is 80.0. The molecule has 1 fully saturated rings. The molecule has 2 aromatic rings. The number of hydrogen-bond acceptors (Lipinski definition) is 10. The van der Waals surface area contributed by atoms with Crippen molar-refractivity contribution in [1.82, 2.24) is 30.3 Å². The molecule has 65 heavy (non-hydrogen) atoms. The Kier molecular flexibility index (Phi) is 24.1. The zero-order chi connectivity index (χ0) is 48.2. The van der Waals surface area contributed by atoms with Crippen molar-refractivity contribution in [3.63, 3.8) is 0 Å². The number of carbonyl (C=O) groups is 5. The Balaban J connectivity index is 1.74. The Labute approximate surface area is 394 Å². The fourth-order valence-electron chi connectivity index (χ4n) is 9.42. The molecule has 2 heterocycles. The van der Waals surface area contributed by atoms with Gasteiger partial charge in [0.05, 0.1) is 42.7 Å². The Morgan fingerprint density at radius 1 is 0.877 bits per heavy atom. The zero-order valence-electron chi connectivity index (χ0n) is 41.4. The van der Waals surface area contributed by atoms with Crippen molar-refractivity contribution in [3.8, 4) is 0 Å². The number of unbranched alkanes of at least 4 members (excludes halogenated alkanes) is 5. The zero-order valence-corrected chi connectivity index (χ0v) is 42.2. The van der Waals surface area contributed by atoms with Crippen LogP contribution in [0.2, 0.25) is 0 Å². The van der Waals surface area contributed by atoms with Crippen LogP contribution in [0, 0.1) is 23.7 Å². The summed E-state index contributed by atoms with van der Waals surface area (Å²) < 4.78 is 12.2. The summed E-state index contributed by atoms with van der Waals surface area (Å²) in [5.74, 6) is -2.18. The number of methoxy groups -OCH3 is 2. The number of thiazole rings is 1. The highest BCUT2D eigenvalue weighted by atomic mass is 32.1. The second kappa shape index (κ2) is 28.3. The highest BCUT2D eigenvalue weighted by molar-refractivity contribution is 7.09. The highest BCUT2D eigenvalue weighted by Gasteiger charge is 2.43. The summed E-state index contributed by atoms with van der Waals surface area (Å²) >= 11 is 1.50. The van der Waals surface area contributed by atoms with Crippen LogP contribution in [0.1, 0.15) is 136 Å². The summed E-state index contributed by atoms with van der Waals surface area (Å²) in [6, 6.07) is 7.19. The number of likely N-dealkylation sites (N-methyl/N-ethyl adjacent to an activating group) is 2. The summed E-state index contributed by atoms with van der Waals surface area (Å²) in [6.07, 6.45) is 9.55. The number of likely N-dealkylation sites (tertiary alicyclic amines) is 1. The molecule has 1 aromatic heterocycles. The van der Waals surface area contributed by atoms with Crippen molar-refractivity contribution in [2.75, 3.05) is 41.4 Å². The molecule has 14 nitrogen and oxygen atoms in total. The van der Waals surface area contributed by atoms with E-state index in [9.17, 15) is 24.0 Å². The predicted octanol–water partition coefficient (Wildman–Crippen LogP) is 6.78. The largest absolute Gasteiger partial charge is 0.379 e. The summed E-state index contributed by atoms with van der Waals surface area (Å²) in [7, 11) is 6.55. The number of carbonyl (C=O) groups excluding carboxylic acids is 5. The van der Waals surface area contributed by atoms with Gasteiger partial charge in [-0.1, -0.05) is 111 Å². The first-order chi connectivity index (χ1) is 31.0. The van der Waals surface area contributed by atoms with Crippen LogP contribution in [-0.4, -0.2) is 127 Å². The molecule has 15 heteroatoms. The van der Waals surface area contributed by atoms with Crippen LogP contribution in [0.3, 0.4) is 0 Å². The predicted molar refractivity (Wildman–Crippen MR) is 259 cm³/mol. The van der Waals surface area contributed by atoms with Gasteiger partial charge in [-0.15, -0.1) is 11.3 Å². The monoisotopic (exact) mass is 926 g/mol. The minimum Gasteiger partial charge on any atom is -0.379 e. The number of hydrogen-bond donors (Lipinski definition) is 3. The van der Waals surface area contributed by atoms with E-state index < -0.39 is 36.3 Å². The number of benzene rings is 1. The number of nitrogens with zero attached hydrogens (tertiary/aromatic N) is 4. The fourth-order valence-corrected chi connectivity index (χ4v) is 10.1. The SMILES string of the molecule is CC[C@H](C)[C@@H]([C@@H](CC(=O)N1CCC[C@H]1[C@H](OC)[C@@H](C)C(=O)N[C@@H](Cc1ccccc1)c1nccs1)OC)N(C)C(=O)[C@@H](NC(=O)[C@H](C(C)C)N(C)C(=O)CCCCCCCCN)C(C)C. The van der Waals surface area contributed by atoms with Gasteiger partial charge in [-0.3, -0.25) is 24.0 Å². The van der Waals surface area contributed by atoms with E-state index in [4.69, 9.17) is 15.2 Å². The lowest BCUT2D eigenvalue weighted by Crippen LogP contribution is -2.60. The minimum absolute atomic E-state index is 0.00850. The maximum atomic E-state index is 14.6. The molecule has 1 saturated heterocycles. The van der Waals surface area contributed by atoms with Gasteiger partial charge >= 0.3 is 0 Å². The first-order valence-electron chi connectivity index (χ1n) is 24.1. The topological polar surface area (TPSA) is 176 Å². The van der Waals surface area contributed by atoms with Gasteiger partial charge in [0.2, 0.25) is 29.5 Å². The van der Waals surface area contributed by atoms with Gasteiger partial charge in [0.25, 0.3) is 0 Å². The number of ether oxygens (including phenoxy) is 2. The Bertz CT molecular complexity index is 1730. The van der Waals surface area contributed by atoms with E-state index in [0.717, 1.165) is 55.5 Å². The second-order valence-electron chi connectivity index (χ2n) is 18.8. The van der Waals surface area contributed by atoms with Gasteiger partial charge in [-0.25, -0.2) is 4.98 Å². The molecule has 4 N–H and O–H groups in total. The van der Waals surface area contributed by atoms with Crippen LogP contribution < -0.4 is 16.4 Å². The average Bonchev–Trinajstić information content (AvgIpc) is 4.01. The minimum atomic E-state index is -0.883. The molecule has 5 amide bonds. The molecular formula is C50H83N7O7S. The third-order valence-corrected chi connectivity index (χ3v) is 14.3. The molecule has 1 aliphatic rings. The van der Waals surface area contributed by atoms with Gasteiger partial charge in [-0.05, 0) is 62.0 Å². The molecule has 1 aromatic carbocycles. The van der Waals surface area contributed by atoms with Crippen molar-refractivity contribution in [3.05, 3.63) is 52.5 Å². The second-order valence-corrected chi connectivity index (χ2v) is 19.7. The lowest BCUT2D eigenvalue weighted by molar-refractivity contribution is -0.148. The number of nitrogens with one attached hydrogen (secondary N) is 2. The lowest BCUT2D eigenvalue weighted by atomic mass is 9.89. The average molecular weight is 926 g/mol. The normalized spacial score (nSPS) is 17.8. The van der Waals surface area contributed by atoms with E-state index >= 15 is 0 Å². The molecule has 0 radical (unpaired) electrons. The maximum Gasteiger partial charge on any atom is 0.245 e. The van der Waals surface area contributed by atoms with Gasteiger partial charge in [0.15, 0.2) is 0 Å². The van der Waals surface area contributed by atoms with Crippen molar-refractivity contribution in [1.29, 1.82) is 0 Å². The van der Waals surface area contributed by atoms with Crippen molar-refractivity contribution >= 4 is 40.9 Å². The van der Waals surface area contributed by atoms with Gasteiger partial charge in [-0.2, -0.15) is 0 Å². The standard InChI is InChI=1S/C50H83N7O7S/c1-12-35(6)45(56(9)50(62)43(33(2)3)54-48(61)44(34(4)5)55(8)41(58)26-20-15-13-14-16-21-27-51)40(63-10)32-42(59)57-29-22-25-39(57)46(64-11)36(7)47(60)53-38(49-52-28-30-65-49)31-37-23-18-17-19-24-37/h17-19,23-24,28,30,33-36,38-40,43-46H,12-16,20-22,25-27,29,31-32,51H2,1-11H3,(H,53,60)(H,54,61)/t35-,36+,38-,39-,40+,43-,44-,45-,46+/m0/s1. The van der Waals surface area contributed by atoms with Gasteiger partial charge < -0.3 is 40.5 Å². The molecule has 9 atom stereocenters. The molecule has 0 bridgehead atoms. The van der Waals surface area contributed by atoms with Crippen LogP contribution in [0.25, 0.3) is 0 Å². The van der Waals surface area contributed by atoms with Crippen molar-refractivity contribution in [2.24, 2.45) is 29.4 Å². The van der Waals surface area contributed by atoms with Gasteiger partial charge in [0, 0.05) is 52.9 Å². The van der Waals surface area contributed by atoms with E-state index in [1.165, 1.54) is 16.2 Å². The van der Waals surface area contributed by atoms with E-state index in [1.807, 2.05) is 89.1 Å². The molecule has 366 valence electrons. The number of amides is 5. The summed E-state index contributed by atoms with van der Waals surface area (Å²) in [5.41, 5.74) is 6.69. The summed E-state index contributed by atoms with van der Waals surface area (Å²) in [5, 5.41) is 9.00. The lowest BCUT2D eigenvalue weighted by Gasteiger charge is -2.41. The Morgan fingerprint density at radius 2 is 1.54 bits per heavy atom. The van der Waals surface area contributed by atoms with E-state index in [2.05, 4.69) is 15.6 Å². The first-order valence-corrected chi connectivity index (χ1v) is 25.0. The number of aromatic nitrogens is 1. The van der Waals surface area contributed by atoms with Crippen LogP contribution >= 0.6 is 11.3 Å². The first kappa shape index (κ1) is 55.4. The fraction of sp³-hybridized carbons (Fsp3) is 0.720. The third kappa shape index (κ3) is 16.1. The smallest absolute Gasteiger partial charge is 0.245 e. The highest BCUT2D eigenvalue weighted by Crippen LogP contribution is 2.31. The third-order valence-electron chi connectivity index (χ3n) is 13.4. The molecule has 0 aliphatic carbocycles. The molecule has 0 spiro atoms. The van der Waals surface area contributed by atoms with E-state index in [0.29, 0.717) is 38.8 Å². The Hall–Kier alpha value is -3.92. The van der Waals surface area contributed by atoms with E-state index in [-0.39, 0.29) is 65.8 Å². The van der Waals surface area contributed by atoms with Crippen LogP contribution in [0.15, 0.2) is 41.9 Å². The van der Waals surface area contributed by atoms with Crippen molar-refractivity contribution < 1.29 is 33.4 Å². The molecule has 0 unspecified atom stereocenters. The number of rotatable bonds is 29. The van der Waals surface area contributed by atoms with Crippen LogP contribution in [0.4, 0.5) is 0 Å². The maximum absolute atomic E-state index is 14.6. The molecule has 1 aliphatic heterocycles. The molecule has 0 saturated carbocycles.